The van der Waals surface area contributed by atoms with E-state index in [2.05, 4.69) is 4.72 Å². The van der Waals surface area contributed by atoms with E-state index in [0.717, 1.165) is 36.2 Å². The zero-order valence-corrected chi connectivity index (χ0v) is 13.8. The Hall–Kier alpha value is -1.12. The Balaban J connectivity index is 2.12. The van der Waals surface area contributed by atoms with Gasteiger partial charge in [0.1, 0.15) is 9.88 Å². The number of anilines is 1. The van der Waals surface area contributed by atoms with Crippen LogP contribution in [-0.4, -0.2) is 38.4 Å². The number of ether oxygens (including phenoxy) is 1. The molecule has 2 heterocycles. The van der Waals surface area contributed by atoms with Gasteiger partial charge in [-0.3, -0.25) is 4.72 Å². The molecule has 0 unspecified atom stereocenters. The van der Waals surface area contributed by atoms with Crippen molar-refractivity contribution in [2.24, 2.45) is 0 Å². The molecule has 1 aliphatic rings. The van der Waals surface area contributed by atoms with E-state index in [9.17, 15) is 13.2 Å². The van der Waals surface area contributed by atoms with Crippen molar-refractivity contribution < 1.29 is 17.9 Å². The molecule has 1 aromatic rings. The number of carbonyl (C=O) groups excluding carboxylic acids is 1. The largest absolute Gasteiger partial charge is 0.462 e. The van der Waals surface area contributed by atoms with Crippen molar-refractivity contribution in [1.29, 1.82) is 0 Å². The number of nitrogens with one attached hydrogen (secondary N) is 1. The topological polar surface area (TPSA) is 75.7 Å². The summed E-state index contributed by atoms with van der Waals surface area (Å²) in [7, 11) is -3.54. The van der Waals surface area contributed by atoms with Crippen LogP contribution in [0.5, 0.6) is 0 Å². The highest BCUT2D eigenvalue weighted by Crippen LogP contribution is 2.29. The van der Waals surface area contributed by atoms with Crippen molar-refractivity contribution in [2.45, 2.75) is 33.1 Å². The molecule has 0 aliphatic carbocycles. The maximum absolute atomic E-state index is 12.3. The number of hydrogen-bond donors (Lipinski definition) is 1. The highest BCUT2D eigenvalue weighted by Gasteiger charge is 2.25. The number of thiophene rings is 1. The second kappa shape index (κ2) is 6.76. The van der Waals surface area contributed by atoms with Crippen LogP contribution in [0.25, 0.3) is 0 Å². The van der Waals surface area contributed by atoms with Crippen LogP contribution >= 0.6 is 11.3 Å². The van der Waals surface area contributed by atoms with E-state index < -0.39 is 16.2 Å². The Kier molecular flexibility index (Phi) is 5.23. The van der Waals surface area contributed by atoms with E-state index >= 15 is 0 Å². The third kappa shape index (κ3) is 3.96. The number of hydrogen-bond acceptors (Lipinski definition) is 5. The van der Waals surface area contributed by atoms with Crippen LogP contribution in [0.2, 0.25) is 0 Å². The van der Waals surface area contributed by atoms with Crippen LogP contribution in [0, 0.1) is 6.92 Å². The Labute approximate surface area is 129 Å². The van der Waals surface area contributed by atoms with E-state index in [-0.39, 0.29) is 0 Å². The predicted molar refractivity (Wildman–Crippen MR) is 83.0 cm³/mol. The van der Waals surface area contributed by atoms with Crippen molar-refractivity contribution in [3.63, 3.8) is 0 Å². The first-order chi connectivity index (χ1) is 9.94. The fourth-order valence-corrected chi connectivity index (χ4v) is 4.71. The summed E-state index contributed by atoms with van der Waals surface area (Å²) in [5, 5.41) is 0.445. The van der Waals surface area contributed by atoms with Gasteiger partial charge >= 0.3 is 16.2 Å². The monoisotopic (exact) mass is 332 g/mol. The molecule has 1 aliphatic heterocycles. The van der Waals surface area contributed by atoms with E-state index in [4.69, 9.17) is 4.74 Å². The lowest BCUT2D eigenvalue weighted by atomic mass is 10.2. The second-order valence-electron chi connectivity index (χ2n) is 4.91. The second-order valence-corrected chi connectivity index (χ2v) is 7.63. The van der Waals surface area contributed by atoms with Gasteiger partial charge in [0, 0.05) is 13.1 Å². The first-order valence-electron chi connectivity index (χ1n) is 6.99. The van der Waals surface area contributed by atoms with Crippen molar-refractivity contribution in [2.75, 3.05) is 24.4 Å². The first-order valence-corrected chi connectivity index (χ1v) is 9.25. The van der Waals surface area contributed by atoms with Crippen LogP contribution in [-0.2, 0) is 14.9 Å². The van der Waals surface area contributed by atoms with Crippen LogP contribution < -0.4 is 4.72 Å². The minimum atomic E-state index is -3.54. The van der Waals surface area contributed by atoms with E-state index in [1.54, 1.807) is 19.9 Å². The van der Waals surface area contributed by atoms with Gasteiger partial charge < -0.3 is 4.74 Å². The molecule has 2 rings (SSSR count). The number of esters is 1. The maximum atomic E-state index is 12.3. The maximum Gasteiger partial charge on any atom is 0.348 e. The Morgan fingerprint density at radius 1 is 1.38 bits per heavy atom. The molecule has 0 amide bonds. The summed E-state index contributed by atoms with van der Waals surface area (Å²) in [6, 6.07) is 1.67. The molecule has 0 atom stereocenters. The van der Waals surface area contributed by atoms with Gasteiger partial charge in [0.25, 0.3) is 0 Å². The fraction of sp³-hybridized carbons (Fsp3) is 0.615. The molecular weight excluding hydrogens is 312 g/mol. The number of aryl methyl sites for hydroxylation is 1. The minimum Gasteiger partial charge on any atom is -0.462 e. The number of rotatable bonds is 5. The standard InChI is InChI=1S/C13H20N2O4S2/c1-3-19-13(16)12-10(2)9-11(20-12)14-21(17,18)15-7-5-4-6-8-15/h9,14H,3-8H2,1-2H3. The normalized spacial score (nSPS) is 16.7. The molecule has 8 heteroatoms. The molecule has 1 fully saturated rings. The minimum absolute atomic E-state index is 0.297. The fourth-order valence-electron chi connectivity index (χ4n) is 2.23. The van der Waals surface area contributed by atoms with Crippen molar-refractivity contribution in [3.05, 3.63) is 16.5 Å². The van der Waals surface area contributed by atoms with Gasteiger partial charge in [0.2, 0.25) is 0 Å². The Bertz CT molecular complexity index is 604. The molecule has 0 aromatic carbocycles. The zero-order chi connectivity index (χ0) is 15.5. The molecule has 0 spiro atoms. The van der Waals surface area contributed by atoms with Crippen molar-refractivity contribution in [1.82, 2.24) is 4.31 Å². The average Bonchev–Trinajstić information content (AvgIpc) is 2.80. The summed E-state index contributed by atoms with van der Waals surface area (Å²) in [5.74, 6) is -0.413. The van der Waals surface area contributed by atoms with Gasteiger partial charge in [0.15, 0.2) is 0 Å². The Morgan fingerprint density at radius 2 is 2.05 bits per heavy atom. The third-order valence-electron chi connectivity index (χ3n) is 3.26. The predicted octanol–water partition coefficient (Wildman–Crippen LogP) is 2.38. The lowest BCUT2D eigenvalue weighted by Gasteiger charge is -2.25. The number of carbonyl (C=O) groups is 1. The zero-order valence-electron chi connectivity index (χ0n) is 12.2. The first kappa shape index (κ1) is 16.3. The van der Waals surface area contributed by atoms with Crippen LogP contribution in [0.4, 0.5) is 5.00 Å². The van der Waals surface area contributed by atoms with E-state index in [0.29, 0.717) is 29.6 Å². The van der Waals surface area contributed by atoms with Crippen molar-refractivity contribution >= 4 is 32.5 Å². The summed E-state index contributed by atoms with van der Waals surface area (Å²) in [4.78, 5) is 12.2. The molecular formula is C13H20N2O4S2. The smallest absolute Gasteiger partial charge is 0.348 e. The molecule has 6 nitrogen and oxygen atoms in total. The van der Waals surface area contributed by atoms with Gasteiger partial charge in [-0.15, -0.1) is 11.3 Å². The van der Waals surface area contributed by atoms with Crippen molar-refractivity contribution in [3.8, 4) is 0 Å². The van der Waals surface area contributed by atoms with Crippen LogP contribution in [0.3, 0.4) is 0 Å². The molecule has 21 heavy (non-hydrogen) atoms. The summed E-state index contributed by atoms with van der Waals surface area (Å²) in [6.45, 7) is 4.89. The molecule has 1 aromatic heterocycles. The summed E-state index contributed by atoms with van der Waals surface area (Å²) < 4.78 is 33.5. The van der Waals surface area contributed by atoms with Gasteiger partial charge in [-0.25, -0.2) is 4.79 Å². The quantitative estimate of drug-likeness (QED) is 0.840. The van der Waals surface area contributed by atoms with Gasteiger partial charge in [-0.1, -0.05) is 6.42 Å². The van der Waals surface area contributed by atoms with E-state index in [1.807, 2.05) is 0 Å². The van der Waals surface area contributed by atoms with Crippen LogP contribution in [0.1, 0.15) is 41.4 Å². The summed E-state index contributed by atoms with van der Waals surface area (Å²) >= 11 is 1.11. The van der Waals surface area contributed by atoms with Gasteiger partial charge in [-0.05, 0) is 38.3 Å². The highest BCUT2D eigenvalue weighted by atomic mass is 32.2. The summed E-state index contributed by atoms with van der Waals surface area (Å²) in [5.41, 5.74) is 0.717. The molecule has 0 bridgehead atoms. The molecule has 118 valence electrons. The SMILES string of the molecule is CCOC(=O)c1sc(NS(=O)(=O)N2CCCCC2)cc1C. The number of nitrogens with zero attached hydrogens (tertiary/aromatic N) is 1. The van der Waals surface area contributed by atoms with Gasteiger partial charge in [0.05, 0.1) is 6.61 Å². The number of piperidine rings is 1. The molecule has 1 saturated heterocycles. The lowest BCUT2D eigenvalue weighted by Crippen LogP contribution is -2.39. The Morgan fingerprint density at radius 3 is 2.67 bits per heavy atom. The molecule has 0 radical (unpaired) electrons. The van der Waals surface area contributed by atoms with Crippen LogP contribution in [0.15, 0.2) is 6.07 Å². The van der Waals surface area contributed by atoms with Gasteiger partial charge in [-0.2, -0.15) is 12.7 Å². The average molecular weight is 332 g/mol. The third-order valence-corrected chi connectivity index (χ3v) is 6.05. The lowest BCUT2D eigenvalue weighted by molar-refractivity contribution is 0.0531. The van der Waals surface area contributed by atoms with E-state index in [1.165, 1.54) is 4.31 Å². The summed E-state index contributed by atoms with van der Waals surface area (Å²) in [6.07, 6.45) is 2.84. The molecule has 1 N–H and O–H groups in total. The highest BCUT2D eigenvalue weighted by molar-refractivity contribution is 7.90. The molecule has 0 saturated carbocycles.